The first-order chi connectivity index (χ1) is 10.6. The van der Waals surface area contributed by atoms with Gasteiger partial charge in [-0.1, -0.05) is 26.7 Å². The van der Waals surface area contributed by atoms with Crippen LogP contribution < -0.4 is 11.1 Å². The third kappa shape index (κ3) is 5.95. The Labute approximate surface area is 135 Å². The van der Waals surface area contributed by atoms with E-state index in [-0.39, 0.29) is 17.4 Å². The Balaban J connectivity index is 2.30. The molecule has 0 aromatic carbocycles. The molecule has 1 saturated carbocycles. The highest BCUT2D eigenvalue weighted by molar-refractivity contribution is 5.79. The number of carbonyl (C=O) groups excluding carboxylic acids is 2. The van der Waals surface area contributed by atoms with Gasteiger partial charge in [0.25, 0.3) is 0 Å². The van der Waals surface area contributed by atoms with Crippen molar-refractivity contribution in [3.63, 3.8) is 0 Å². The van der Waals surface area contributed by atoms with Gasteiger partial charge in [-0.2, -0.15) is 0 Å². The fourth-order valence-electron chi connectivity index (χ4n) is 3.25. The molecule has 0 unspecified atom stereocenters. The number of nitrogens with two attached hydrogens (primary N) is 1. The van der Waals surface area contributed by atoms with Crippen molar-refractivity contribution in [2.75, 3.05) is 19.6 Å². The lowest BCUT2D eigenvalue weighted by atomic mass is 9.97. The predicted molar refractivity (Wildman–Crippen MR) is 89.4 cm³/mol. The molecule has 5 nitrogen and oxygen atoms in total. The molecule has 0 aliphatic heterocycles. The Bertz CT molecular complexity index is 346. The number of amides is 2. The molecule has 0 spiro atoms. The Kier molecular flexibility index (Phi) is 8.46. The molecule has 0 radical (unpaired) electrons. The lowest BCUT2D eigenvalue weighted by molar-refractivity contribution is -0.131. The van der Waals surface area contributed by atoms with E-state index in [2.05, 4.69) is 19.2 Å². The fraction of sp³-hybridized carbons (Fsp3) is 0.882. The van der Waals surface area contributed by atoms with E-state index in [0.29, 0.717) is 25.8 Å². The molecular formula is C17H33N3O2. The van der Waals surface area contributed by atoms with Crippen LogP contribution in [0.15, 0.2) is 0 Å². The standard InChI is InChI=1S/C17H33N3O2/c1-3-12-20(13-4-2)16(22)9-7-8-15(21)19-17(14-18)10-5-6-11-17/h3-14,18H2,1-2H3,(H,19,21). The van der Waals surface area contributed by atoms with Gasteiger partial charge in [0.15, 0.2) is 0 Å². The van der Waals surface area contributed by atoms with Gasteiger partial charge in [-0.25, -0.2) is 0 Å². The van der Waals surface area contributed by atoms with Gasteiger partial charge in [0.05, 0.1) is 5.54 Å². The fourth-order valence-corrected chi connectivity index (χ4v) is 3.25. The van der Waals surface area contributed by atoms with Crippen LogP contribution in [0.2, 0.25) is 0 Å². The molecular weight excluding hydrogens is 278 g/mol. The van der Waals surface area contributed by atoms with Gasteiger partial charge < -0.3 is 16.0 Å². The summed E-state index contributed by atoms with van der Waals surface area (Å²) < 4.78 is 0. The number of nitrogens with one attached hydrogen (secondary N) is 1. The van der Waals surface area contributed by atoms with E-state index in [1.165, 1.54) is 0 Å². The van der Waals surface area contributed by atoms with E-state index in [0.717, 1.165) is 51.6 Å². The van der Waals surface area contributed by atoms with Crippen LogP contribution in [0.4, 0.5) is 0 Å². The van der Waals surface area contributed by atoms with Crippen LogP contribution in [0.5, 0.6) is 0 Å². The number of nitrogens with zero attached hydrogens (tertiary/aromatic N) is 1. The molecule has 0 aromatic heterocycles. The first-order valence-electron chi connectivity index (χ1n) is 8.85. The second-order valence-electron chi connectivity index (χ2n) is 6.47. The van der Waals surface area contributed by atoms with Crippen molar-refractivity contribution in [2.24, 2.45) is 5.73 Å². The van der Waals surface area contributed by atoms with Crippen LogP contribution in [-0.2, 0) is 9.59 Å². The Morgan fingerprint density at radius 1 is 1.09 bits per heavy atom. The summed E-state index contributed by atoms with van der Waals surface area (Å²) in [6.07, 6.45) is 7.69. The first kappa shape index (κ1) is 18.9. The monoisotopic (exact) mass is 311 g/mol. The predicted octanol–water partition coefficient (Wildman–Crippen LogP) is 2.19. The molecule has 1 fully saturated rings. The second-order valence-corrected chi connectivity index (χ2v) is 6.47. The summed E-state index contributed by atoms with van der Waals surface area (Å²) in [5.41, 5.74) is 5.64. The van der Waals surface area contributed by atoms with Crippen molar-refractivity contribution in [3.05, 3.63) is 0 Å². The number of rotatable bonds is 10. The largest absolute Gasteiger partial charge is 0.349 e. The van der Waals surface area contributed by atoms with E-state index in [1.807, 2.05) is 4.90 Å². The molecule has 1 rings (SSSR count). The van der Waals surface area contributed by atoms with E-state index >= 15 is 0 Å². The molecule has 1 aliphatic carbocycles. The maximum absolute atomic E-state index is 12.1. The highest BCUT2D eigenvalue weighted by atomic mass is 16.2. The summed E-state index contributed by atoms with van der Waals surface area (Å²) in [6, 6.07) is 0. The van der Waals surface area contributed by atoms with Crippen molar-refractivity contribution < 1.29 is 9.59 Å². The average Bonchev–Trinajstić information content (AvgIpc) is 2.96. The van der Waals surface area contributed by atoms with Crippen LogP contribution in [0.1, 0.15) is 71.6 Å². The maximum Gasteiger partial charge on any atom is 0.222 e. The molecule has 22 heavy (non-hydrogen) atoms. The van der Waals surface area contributed by atoms with Crippen molar-refractivity contribution in [1.82, 2.24) is 10.2 Å². The summed E-state index contributed by atoms with van der Waals surface area (Å²) in [5.74, 6) is 0.212. The quantitative estimate of drug-likeness (QED) is 0.649. The number of carbonyl (C=O) groups is 2. The average molecular weight is 311 g/mol. The Morgan fingerprint density at radius 2 is 1.68 bits per heavy atom. The highest BCUT2D eigenvalue weighted by Gasteiger charge is 2.33. The van der Waals surface area contributed by atoms with Crippen molar-refractivity contribution >= 4 is 11.8 Å². The summed E-state index contributed by atoms with van der Waals surface area (Å²) in [5, 5.41) is 3.11. The molecule has 1 aliphatic rings. The summed E-state index contributed by atoms with van der Waals surface area (Å²) in [6.45, 7) is 6.30. The molecule has 3 N–H and O–H groups in total. The zero-order valence-corrected chi connectivity index (χ0v) is 14.3. The van der Waals surface area contributed by atoms with Crippen LogP contribution in [0, 0.1) is 0 Å². The highest BCUT2D eigenvalue weighted by Crippen LogP contribution is 2.28. The molecule has 5 heteroatoms. The smallest absolute Gasteiger partial charge is 0.222 e. The minimum atomic E-state index is -0.183. The lowest BCUT2D eigenvalue weighted by Gasteiger charge is -2.28. The first-order valence-corrected chi connectivity index (χ1v) is 8.85. The molecule has 0 aromatic rings. The summed E-state index contributed by atoms with van der Waals surface area (Å²) >= 11 is 0. The van der Waals surface area contributed by atoms with Gasteiger partial charge in [-0.05, 0) is 32.1 Å². The molecule has 0 saturated heterocycles. The zero-order valence-electron chi connectivity index (χ0n) is 14.3. The zero-order chi connectivity index (χ0) is 16.4. The van der Waals surface area contributed by atoms with Gasteiger partial charge in [0, 0.05) is 32.5 Å². The van der Waals surface area contributed by atoms with E-state index in [9.17, 15) is 9.59 Å². The maximum atomic E-state index is 12.1. The van der Waals surface area contributed by atoms with Gasteiger partial charge in [-0.3, -0.25) is 9.59 Å². The molecule has 0 bridgehead atoms. The van der Waals surface area contributed by atoms with Gasteiger partial charge in [0.2, 0.25) is 11.8 Å². The third-order valence-corrected chi connectivity index (χ3v) is 4.49. The third-order valence-electron chi connectivity index (χ3n) is 4.49. The normalized spacial score (nSPS) is 16.5. The van der Waals surface area contributed by atoms with Crippen molar-refractivity contribution in [2.45, 2.75) is 77.2 Å². The van der Waals surface area contributed by atoms with Crippen LogP contribution in [0.25, 0.3) is 0 Å². The second kappa shape index (κ2) is 9.82. The van der Waals surface area contributed by atoms with E-state index < -0.39 is 0 Å². The van der Waals surface area contributed by atoms with Crippen molar-refractivity contribution in [1.29, 1.82) is 0 Å². The SMILES string of the molecule is CCCN(CCC)C(=O)CCCC(=O)NC1(CN)CCCC1. The summed E-state index contributed by atoms with van der Waals surface area (Å²) in [7, 11) is 0. The lowest BCUT2D eigenvalue weighted by Crippen LogP contribution is -2.51. The molecule has 0 heterocycles. The Morgan fingerprint density at radius 3 is 2.18 bits per heavy atom. The van der Waals surface area contributed by atoms with Crippen LogP contribution in [-0.4, -0.2) is 41.9 Å². The van der Waals surface area contributed by atoms with Crippen LogP contribution in [0.3, 0.4) is 0 Å². The minimum absolute atomic E-state index is 0.0395. The number of hydrogen-bond acceptors (Lipinski definition) is 3. The van der Waals surface area contributed by atoms with Crippen LogP contribution >= 0.6 is 0 Å². The molecule has 2 amide bonds. The molecule has 128 valence electrons. The summed E-state index contributed by atoms with van der Waals surface area (Å²) in [4.78, 5) is 26.1. The van der Waals surface area contributed by atoms with Gasteiger partial charge in [0.1, 0.15) is 0 Å². The number of hydrogen-bond donors (Lipinski definition) is 2. The Hall–Kier alpha value is -1.10. The van der Waals surface area contributed by atoms with Gasteiger partial charge in [-0.15, -0.1) is 0 Å². The van der Waals surface area contributed by atoms with Crippen molar-refractivity contribution in [3.8, 4) is 0 Å². The van der Waals surface area contributed by atoms with E-state index in [1.54, 1.807) is 0 Å². The molecule has 0 atom stereocenters. The minimum Gasteiger partial charge on any atom is -0.349 e. The van der Waals surface area contributed by atoms with E-state index in [4.69, 9.17) is 5.73 Å². The van der Waals surface area contributed by atoms with Gasteiger partial charge >= 0.3 is 0 Å². The topological polar surface area (TPSA) is 75.4 Å².